The lowest BCUT2D eigenvalue weighted by atomic mass is 10.1. The van der Waals surface area contributed by atoms with Crippen LogP contribution >= 0.6 is 15.9 Å². The molecule has 1 aromatic carbocycles. The minimum absolute atomic E-state index is 0.177. The molecular weight excluding hydrogens is 306 g/mol. The van der Waals surface area contributed by atoms with Gasteiger partial charge in [-0.15, -0.1) is 0 Å². The summed E-state index contributed by atoms with van der Waals surface area (Å²) in [4.78, 5) is 4.54. The summed E-state index contributed by atoms with van der Waals surface area (Å²) < 4.78 is 8.52. The van der Waals surface area contributed by atoms with E-state index >= 15 is 0 Å². The molecule has 0 atom stereocenters. The van der Waals surface area contributed by atoms with E-state index in [0.717, 1.165) is 27.4 Å². The number of halogens is 1. The molecule has 0 amide bonds. The molecule has 0 aliphatic carbocycles. The van der Waals surface area contributed by atoms with E-state index in [-0.39, 0.29) is 6.10 Å². The van der Waals surface area contributed by atoms with Crippen LogP contribution in [0.25, 0.3) is 11.3 Å². The van der Waals surface area contributed by atoms with E-state index in [0.29, 0.717) is 6.54 Å². The Hall–Kier alpha value is -1.33. The maximum absolute atomic E-state index is 5.67. The molecule has 4 nitrogen and oxygen atoms in total. The first kappa shape index (κ1) is 14.1. The van der Waals surface area contributed by atoms with Crippen LogP contribution in [0.5, 0.6) is 5.75 Å². The fourth-order valence-corrected chi connectivity index (χ4v) is 2.37. The second kappa shape index (κ2) is 5.75. The van der Waals surface area contributed by atoms with Gasteiger partial charge in [0.25, 0.3) is 0 Å². The Kier molecular flexibility index (Phi) is 4.27. The van der Waals surface area contributed by atoms with E-state index in [1.165, 1.54) is 0 Å². The largest absolute Gasteiger partial charge is 0.491 e. The topological polar surface area (TPSA) is 53.1 Å². The van der Waals surface area contributed by atoms with Gasteiger partial charge >= 0.3 is 0 Å². The van der Waals surface area contributed by atoms with Crippen molar-refractivity contribution in [3.63, 3.8) is 0 Å². The minimum atomic E-state index is 0.177. The molecule has 0 radical (unpaired) electrons. The molecule has 0 saturated heterocycles. The van der Waals surface area contributed by atoms with Gasteiger partial charge in [-0.2, -0.15) is 0 Å². The molecule has 1 aromatic heterocycles. The summed E-state index contributed by atoms with van der Waals surface area (Å²) in [7, 11) is 1.94. The summed E-state index contributed by atoms with van der Waals surface area (Å²) in [5.74, 6) is 1.72. The molecule has 0 fully saturated rings. The number of aromatic nitrogens is 2. The Bertz CT molecular complexity index is 561. The summed E-state index contributed by atoms with van der Waals surface area (Å²) in [6.45, 7) is 4.44. The molecule has 0 unspecified atom stereocenters. The second-order valence-electron chi connectivity index (χ2n) is 4.62. The monoisotopic (exact) mass is 323 g/mol. The van der Waals surface area contributed by atoms with Crippen LogP contribution in [0.3, 0.4) is 0 Å². The second-order valence-corrected chi connectivity index (χ2v) is 5.37. The number of benzene rings is 1. The van der Waals surface area contributed by atoms with Crippen LogP contribution in [0.1, 0.15) is 19.7 Å². The third-order valence-corrected chi connectivity index (χ3v) is 3.71. The highest BCUT2D eigenvalue weighted by Crippen LogP contribution is 2.29. The van der Waals surface area contributed by atoms with Gasteiger partial charge in [0, 0.05) is 12.6 Å². The third-order valence-electron chi connectivity index (χ3n) is 2.80. The van der Waals surface area contributed by atoms with Gasteiger partial charge < -0.3 is 15.0 Å². The lowest BCUT2D eigenvalue weighted by molar-refractivity contribution is 0.242. The van der Waals surface area contributed by atoms with Crippen molar-refractivity contribution in [3.8, 4) is 17.0 Å². The fraction of sp³-hybridized carbons (Fsp3) is 0.357. The molecule has 0 saturated carbocycles. The molecule has 2 aromatic rings. The fourth-order valence-electron chi connectivity index (χ4n) is 1.85. The summed E-state index contributed by atoms with van der Waals surface area (Å²) in [5.41, 5.74) is 7.61. The van der Waals surface area contributed by atoms with Crippen molar-refractivity contribution >= 4 is 15.9 Å². The van der Waals surface area contributed by atoms with E-state index in [1.807, 2.05) is 49.7 Å². The highest BCUT2D eigenvalue weighted by atomic mass is 79.9. The van der Waals surface area contributed by atoms with Crippen molar-refractivity contribution < 1.29 is 4.74 Å². The number of hydrogen-bond donors (Lipinski definition) is 1. The third kappa shape index (κ3) is 2.98. The molecule has 0 aliphatic rings. The number of ether oxygens (including phenoxy) is 1. The van der Waals surface area contributed by atoms with Crippen LogP contribution in [-0.2, 0) is 13.6 Å². The number of rotatable bonds is 4. The van der Waals surface area contributed by atoms with E-state index in [9.17, 15) is 0 Å². The zero-order valence-electron chi connectivity index (χ0n) is 11.4. The standard InChI is InChI=1S/C14H18BrN3O/c1-9(2)19-11-6-4-10(5-7-11)13-14(15)18(3)12(8-16)17-13/h4-7,9H,8,16H2,1-3H3. The van der Waals surface area contributed by atoms with Crippen molar-refractivity contribution in [1.82, 2.24) is 9.55 Å². The van der Waals surface area contributed by atoms with E-state index in [2.05, 4.69) is 20.9 Å². The lowest BCUT2D eigenvalue weighted by Gasteiger charge is -2.09. The highest BCUT2D eigenvalue weighted by Gasteiger charge is 2.13. The van der Waals surface area contributed by atoms with Gasteiger partial charge in [0.05, 0.1) is 12.6 Å². The zero-order valence-corrected chi connectivity index (χ0v) is 12.9. The van der Waals surface area contributed by atoms with Gasteiger partial charge in [-0.1, -0.05) is 0 Å². The average molecular weight is 324 g/mol. The maximum Gasteiger partial charge on any atom is 0.123 e. The summed E-state index contributed by atoms with van der Waals surface area (Å²) in [6.07, 6.45) is 0.177. The molecule has 1 heterocycles. The number of nitrogens with two attached hydrogens (primary N) is 1. The van der Waals surface area contributed by atoms with Crippen LogP contribution in [0.2, 0.25) is 0 Å². The van der Waals surface area contributed by atoms with Crippen molar-refractivity contribution in [1.29, 1.82) is 0 Å². The van der Waals surface area contributed by atoms with Crippen LogP contribution in [0.15, 0.2) is 28.9 Å². The molecule has 2 rings (SSSR count). The highest BCUT2D eigenvalue weighted by molar-refractivity contribution is 9.10. The Morgan fingerprint density at radius 3 is 2.42 bits per heavy atom. The first-order valence-electron chi connectivity index (χ1n) is 6.21. The smallest absolute Gasteiger partial charge is 0.123 e. The first-order chi connectivity index (χ1) is 9.02. The molecule has 0 aliphatic heterocycles. The Morgan fingerprint density at radius 1 is 1.32 bits per heavy atom. The summed E-state index contributed by atoms with van der Waals surface area (Å²) in [5, 5.41) is 0. The van der Waals surface area contributed by atoms with Crippen LogP contribution in [0.4, 0.5) is 0 Å². The lowest BCUT2D eigenvalue weighted by Crippen LogP contribution is -2.05. The Labute approximate surface area is 121 Å². The van der Waals surface area contributed by atoms with Gasteiger partial charge in [-0.25, -0.2) is 4.98 Å². The van der Waals surface area contributed by atoms with Crippen molar-refractivity contribution in [2.75, 3.05) is 0 Å². The normalized spacial score (nSPS) is 11.1. The Balaban J connectivity index is 2.32. The van der Waals surface area contributed by atoms with Crippen molar-refractivity contribution in [3.05, 3.63) is 34.7 Å². The quantitative estimate of drug-likeness (QED) is 0.940. The zero-order chi connectivity index (χ0) is 14.0. The predicted octanol–water partition coefficient (Wildman–Crippen LogP) is 3.10. The van der Waals surface area contributed by atoms with E-state index in [4.69, 9.17) is 10.5 Å². The number of nitrogens with zero attached hydrogens (tertiary/aromatic N) is 2. The molecule has 5 heteroatoms. The average Bonchev–Trinajstić information content (AvgIpc) is 2.66. The summed E-state index contributed by atoms with van der Waals surface area (Å²) in [6, 6.07) is 7.92. The van der Waals surface area contributed by atoms with E-state index in [1.54, 1.807) is 0 Å². The van der Waals surface area contributed by atoms with E-state index < -0.39 is 0 Å². The predicted molar refractivity (Wildman–Crippen MR) is 80.0 cm³/mol. The first-order valence-corrected chi connectivity index (χ1v) is 7.00. The van der Waals surface area contributed by atoms with Gasteiger partial charge in [0.1, 0.15) is 21.9 Å². The molecule has 102 valence electrons. The van der Waals surface area contributed by atoms with Gasteiger partial charge in [0.2, 0.25) is 0 Å². The molecular formula is C14H18BrN3O. The van der Waals surface area contributed by atoms with Gasteiger partial charge in [0.15, 0.2) is 0 Å². The molecule has 0 spiro atoms. The summed E-state index contributed by atoms with van der Waals surface area (Å²) >= 11 is 3.55. The van der Waals surface area contributed by atoms with Crippen molar-refractivity contribution in [2.45, 2.75) is 26.5 Å². The molecule has 0 bridgehead atoms. The molecule has 2 N–H and O–H groups in total. The van der Waals surface area contributed by atoms with Crippen LogP contribution in [0, 0.1) is 0 Å². The van der Waals surface area contributed by atoms with Crippen LogP contribution in [-0.4, -0.2) is 15.7 Å². The minimum Gasteiger partial charge on any atom is -0.491 e. The maximum atomic E-state index is 5.67. The number of imidazole rings is 1. The van der Waals surface area contributed by atoms with Gasteiger partial charge in [-0.05, 0) is 54.0 Å². The number of hydrogen-bond acceptors (Lipinski definition) is 3. The van der Waals surface area contributed by atoms with Crippen LogP contribution < -0.4 is 10.5 Å². The Morgan fingerprint density at radius 2 is 1.95 bits per heavy atom. The van der Waals surface area contributed by atoms with Crippen molar-refractivity contribution in [2.24, 2.45) is 12.8 Å². The SMILES string of the molecule is CC(C)Oc1ccc(-c2nc(CN)n(C)c2Br)cc1. The van der Waals surface area contributed by atoms with Gasteiger partial charge in [-0.3, -0.25) is 0 Å². The molecule has 19 heavy (non-hydrogen) atoms.